The van der Waals surface area contributed by atoms with Gasteiger partial charge >= 0.3 is 12.0 Å². The Labute approximate surface area is 105 Å². The van der Waals surface area contributed by atoms with Crippen LogP contribution < -0.4 is 10.6 Å². The minimum atomic E-state index is -1.18. The highest BCUT2D eigenvalue weighted by atomic mass is 16.4. The lowest BCUT2D eigenvalue weighted by Gasteiger charge is -2.24. The van der Waals surface area contributed by atoms with Crippen LogP contribution in [0.3, 0.4) is 0 Å². The highest BCUT2D eigenvalue weighted by molar-refractivity contribution is 5.98. The third-order valence-electron chi connectivity index (χ3n) is 2.59. The van der Waals surface area contributed by atoms with Crippen LogP contribution >= 0.6 is 0 Å². The van der Waals surface area contributed by atoms with E-state index in [9.17, 15) is 9.59 Å². The maximum absolute atomic E-state index is 11.7. The first-order chi connectivity index (χ1) is 8.35. The quantitative estimate of drug-likeness (QED) is 0.764. The molecule has 0 bridgehead atoms. The average Bonchev–Trinajstić information content (AvgIpc) is 2.28. The number of nitrogens with zero attached hydrogens (tertiary/aromatic N) is 1. The van der Waals surface area contributed by atoms with Gasteiger partial charge in [0.25, 0.3) is 0 Å². The number of amides is 2. The summed E-state index contributed by atoms with van der Waals surface area (Å²) in [4.78, 5) is 26.3. The molecular weight excluding hydrogens is 234 g/mol. The molecule has 0 atom stereocenters. The van der Waals surface area contributed by atoms with Crippen molar-refractivity contribution in [1.82, 2.24) is 10.3 Å². The first kappa shape index (κ1) is 14.0. The molecule has 0 saturated carbocycles. The number of rotatable bonds is 4. The van der Waals surface area contributed by atoms with Crippen LogP contribution in [-0.4, -0.2) is 27.6 Å². The fourth-order valence-electron chi connectivity index (χ4n) is 1.23. The normalized spacial score (nSPS) is 10.8. The highest BCUT2D eigenvalue weighted by Gasteiger charge is 2.19. The van der Waals surface area contributed by atoms with E-state index in [4.69, 9.17) is 5.11 Å². The van der Waals surface area contributed by atoms with Crippen LogP contribution in [0.1, 0.15) is 37.7 Å². The SMILES string of the molecule is CCC(C)(C)NC(=O)Nc1cccnc1C(=O)O. The summed E-state index contributed by atoms with van der Waals surface area (Å²) in [6.45, 7) is 5.72. The number of aromatic nitrogens is 1. The molecule has 0 aliphatic rings. The van der Waals surface area contributed by atoms with Crippen molar-refractivity contribution in [3.05, 3.63) is 24.0 Å². The Morgan fingerprint density at radius 3 is 2.67 bits per heavy atom. The molecule has 0 aliphatic heterocycles. The minimum absolute atomic E-state index is 0.175. The largest absolute Gasteiger partial charge is 0.476 e. The Morgan fingerprint density at radius 2 is 2.11 bits per heavy atom. The second-order valence-corrected chi connectivity index (χ2v) is 4.52. The molecule has 1 heterocycles. The van der Waals surface area contributed by atoms with E-state index < -0.39 is 12.0 Å². The molecule has 0 saturated heterocycles. The van der Waals surface area contributed by atoms with E-state index in [1.54, 1.807) is 6.07 Å². The number of hydrogen-bond acceptors (Lipinski definition) is 3. The fourth-order valence-corrected chi connectivity index (χ4v) is 1.23. The van der Waals surface area contributed by atoms with E-state index in [0.717, 1.165) is 6.42 Å². The number of aromatic carboxylic acids is 1. The van der Waals surface area contributed by atoms with E-state index in [1.807, 2.05) is 20.8 Å². The van der Waals surface area contributed by atoms with E-state index in [2.05, 4.69) is 15.6 Å². The first-order valence-electron chi connectivity index (χ1n) is 5.63. The van der Waals surface area contributed by atoms with E-state index in [1.165, 1.54) is 12.3 Å². The maximum Gasteiger partial charge on any atom is 0.356 e. The molecule has 3 N–H and O–H groups in total. The number of pyridine rings is 1. The summed E-state index contributed by atoms with van der Waals surface area (Å²) < 4.78 is 0. The molecule has 1 rings (SSSR count). The molecule has 0 fully saturated rings. The van der Waals surface area contributed by atoms with Gasteiger partial charge in [-0.15, -0.1) is 0 Å². The summed E-state index contributed by atoms with van der Waals surface area (Å²) >= 11 is 0. The number of carbonyl (C=O) groups excluding carboxylic acids is 1. The Morgan fingerprint density at radius 1 is 1.44 bits per heavy atom. The van der Waals surface area contributed by atoms with Gasteiger partial charge < -0.3 is 15.7 Å². The number of carbonyl (C=O) groups is 2. The number of anilines is 1. The zero-order valence-corrected chi connectivity index (χ0v) is 10.7. The number of urea groups is 1. The molecule has 6 heteroatoms. The lowest BCUT2D eigenvalue weighted by atomic mass is 10.0. The van der Waals surface area contributed by atoms with Gasteiger partial charge in [-0.1, -0.05) is 6.92 Å². The zero-order chi connectivity index (χ0) is 13.8. The van der Waals surface area contributed by atoms with Crippen LogP contribution in [0.5, 0.6) is 0 Å². The summed E-state index contributed by atoms with van der Waals surface area (Å²) in [5, 5.41) is 14.2. The van der Waals surface area contributed by atoms with Gasteiger partial charge in [0.2, 0.25) is 0 Å². The lowest BCUT2D eigenvalue weighted by Crippen LogP contribution is -2.45. The van der Waals surface area contributed by atoms with Crippen LogP contribution in [0.4, 0.5) is 10.5 Å². The van der Waals surface area contributed by atoms with Crippen molar-refractivity contribution < 1.29 is 14.7 Å². The van der Waals surface area contributed by atoms with Gasteiger partial charge in [0, 0.05) is 11.7 Å². The van der Waals surface area contributed by atoms with E-state index >= 15 is 0 Å². The second-order valence-electron chi connectivity index (χ2n) is 4.52. The molecular formula is C12H17N3O3. The monoisotopic (exact) mass is 251 g/mol. The van der Waals surface area contributed by atoms with Crippen molar-refractivity contribution in [3.63, 3.8) is 0 Å². The Bertz CT molecular complexity index is 458. The molecule has 2 amide bonds. The standard InChI is InChI=1S/C12H17N3O3/c1-4-12(2,3)15-11(18)14-8-6-5-7-13-9(8)10(16)17/h5-7H,4H2,1-3H3,(H,16,17)(H2,14,15,18). The number of carboxylic acid groups (broad SMARTS) is 1. The Balaban J connectivity index is 2.80. The lowest BCUT2D eigenvalue weighted by molar-refractivity contribution is 0.0692. The van der Waals surface area contributed by atoms with Gasteiger partial charge in [-0.3, -0.25) is 0 Å². The van der Waals surface area contributed by atoms with Crippen LogP contribution in [0.2, 0.25) is 0 Å². The molecule has 1 aromatic heterocycles. The van der Waals surface area contributed by atoms with E-state index in [0.29, 0.717) is 0 Å². The van der Waals surface area contributed by atoms with Crippen molar-refractivity contribution in [2.45, 2.75) is 32.7 Å². The van der Waals surface area contributed by atoms with Gasteiger partial charge in [0.15, 0.2) is 5.69 Å². The summed E-state index contributed by atoms with van der Waals surface area (Å²) in [7, 11) is 0. The third-order valence-corrected chi connectivity index (χ3v) is 2.59. The van der Waals surface area contributed by atoms with Crippen LogP contribution in [-0.2, 0) is 0 Å². The van der Waals surface area contributed by atoms with Crippen molar-refractivity contribution in [1.29, 1.82) is 0 Å². The van der Waals surface area contributed by atoms with Crippen LogP contribution in [0, 0.1) is 0 Å². The zero-order valence-electron chi connectivity index (χ0n) is 10.7. The predicted molar refractivity (Wildman–Crippen MR) is 67.7 cm³/mol. The topological polar surface area (TPSA) is 91.3 Å². The van der Waals surface area contributed by atoms with Gasteiger partial charge in [-0.2, -0.15) is 0 Å². The molecule has 18 heavy (non-hydrogen) atoms. The van der Waals surface area contributed by atoms with Crippen LogP contribution in [0.25, 0.3) is 0 Å². The van der Waals surface area contributed by atoms with Gasteiger partial charge in [0.05, 0.1) is 5.69 Å². The number of carboxylic acids is 1. The molecule has 98 valence electrons. The Kier molecular flexibility index (Phi) is 4.25. The summed E-state index contributed by atoms with van der Waals surface area (Å²) in [5.41, 5.74) is -0.355. The van der Waals surface area contributed by atoms with Gasteiger partial charge in [0.1, 0.15) is 0 Å². The molecule has 1 aromatic rings. The predicted octanol–water partition coefficient (Wildman–Crippen LogP) is 2.09. The summed E-state index contributed by atoms with van der Waals surface area (Å²) in [5.74, 6) is -1.18. The van der Waals surface area contributed by atoms with Crippen molar-refractivity contribution in [2.75, 3.05) is 5.32 Å². The maximum atomic E-state index is 11.7. The average molecular weight is 251 g/mol. The molecule has 0 unspecified atom stereocenters. The van der Waals surface area contributed by atoms with Crippen molar-refractivity contribution in [3.8, 4) is 0 Å². The summed E-state index contributed by atoms with van der Waals surface area (Å²) in [6, 6.07) is 2.61. The minimum Gasteiger partial charge on any atom is -0.476 e. The second kappa shape index (κ2) is 5.48. The number of hydrogen-bond donors (Lipinski definition) is 3. The van der Waals surface area contributed by atoms with Gasteiger partial charge in [-0.05, 0) is 32.4 Å². The van der Waals surface area contributed by atoms with Gasteiger partial charge in [-0.25, -0.2) is 14.6 Å². The van der Waals surface area contributed by atoms with Crippen molar-refractivity contribution >= 4 is 17.7 Å². The smallest absolute Gasteiger partial charge is 0.356 e. The third kappa shape index (κ3) is 3.73. The highest BCUT2D eigenvalue weighted by Crippen LogP contribution is 2.13. The molecule has 0 aromatic carbocycles. The molecule has 0 spiro atoms. The first-order valence-corrected chi connectivity index (χ1v) is 5.63. The Hall–Kier alpha value is -2.11. The fraction of sp³-hybridized carbons (Fsp3) is 0.417. The molecule has 0 radical (unpaired) electrons. The summed E-state index contributed by atoms with van der Waals surface area (Å²) in [6.07, 6.45) is 2.13. The number of nitrogens with one attached hydrogen (secondary N) is 2. The molecule has 0 aliphatic carbocycles. The van der Waals surface area contributed by atoms with Crippen molar-refractivity contribution in [2.24, 2.45) is 0 Å². The van der Waals surface area contributed by atoms with Crippen LogP contribution in [0.15, 0.2) is 18.3 Å². The molecule has 6 nitrogen and oxygen atoms in total. The van der Waals surface area contributed by atoms with E-state index in [-0.39, 0.29) is 16.9 Å².